The first-order valence-electron chi connectivity index (χ1n) is 10.1. The predicted molar refractivity (Wildman–Crippen MR) is 104 cm³/mol. The lowest BCUT2D eigenvalue weighted by Crippen LogP contribution is -2.34. The summed E-state index contributed by atoms with van der Waals surface area (Å²) in [6, 6.07) is 2.10. The number of hydrogen-bond donors (Lipinski definition) is 1. The van der Waals surface area contributed by atoms with Gasteiger partial charge in [0, 0.05) is 45.6 Å². The summed E-state index contributed by atoms with van der Waals surface area (Å²) in [6.45, 7) is 2.55. The molecule has 0 unspecified atom stereocenters. The van der Waals surface area contributed by atoms with Gasteiger partial charge in [0.25, 0.3) is 0 Å². The largest absolute Gasteiger partial charge is 0.363 e. The molecule has 0 spiro atoms. The van der Waals surface area contributed by atoms with Crippen LogP contribution in [0, 0.1) is 5.92 Å². The smallest absolute Gasteiger partial charge is 0.225 e. The Hall–Kier alpha value is -1.69. The highest BCUT2D eigenvalue weighted by Crippen LogP contribution is 2.27. The van der Waals surface area contributed by atoms with E-state index >= 15 is 0 Å². The van der Waals surface area contributed by atoms with Crippen molar-refractivity contribution in [2.75, 3.05) is 39.1 Å². The molecule has 2 heterocycles. The quantitative estimate of drug-likeness (QED) is 0.875. The minimum atomic E-state index is 0.188. The van der Waals surface area contributed by atoms with Gasteiger partial charge in [0.05, 0.1) is 12.2 Å². The molecule has 1 aliphatic heterocycles. The fraction of sp³-hybridized carbons (Fsp3) is 0.750. The van der Waals surface area contributed by atoms with Crippen LogP contribution < -0.4 is 10.2 Å². The van der Waals surface area contributed by atoms with Crippen LogP contribution >= 0.6 is 0 Å². The fourth-order valence-electron chi connectivity index (χ4n) is 4.07. The maximum atomic E-state index is 12.8. The molecular formula is C20H33N5O. The van der Waals surface area contributed by atoms with Gasteiger partial charge in [0.15, 0.2) is 0 Å². The zero-order chi connectivity index (χ0) is 18.5. The van der Waals surface area contributed by atoms with Gasteiger partial charge in [-0.3, -0.25) is 4.79 Å². The third kappa shape index (κ3) is 4.72. The van der Waals surface area contributed by atoms with Crippen LogP contribution in [0.5, 0.6) is 0 Å². The predicted octanol–water partition coefficient (Wildman–Crippen LogP) is 2.55. The summed E-state index contributed by atoms with van der Waals surface area (Å²) in [5, 5.41) is 3.46. The van der Waals surface area contributed by atoms with E-state index in [9.17, 15) is 4.79 Å². The minimum Gasteiger partial charge on any atom is -0.363 e. The van der Waals surface area contributed by atoms with Gasteiger partial charge in [0.2, 0.25) is 5.91 Å². The summed E-state index contributed by atoms with van der Waals surface area (Å²) >= 11 is 0. The van der Waals surface area contributed by atoms with Crippen LogP contribution in [0.4, 0.5) is 5.82 Å². The van der Waals surface area contributed by atoms with Crippen molar-refractivity contribution in [2.45, 2.75) is 57.4 Å². The van der Waals surface area contributed by atoms with E-state index in [0.717, 1.165) is 49.7 Å². The number of nitrogens with zero attached hydrogens (tertiary/aromatic N) is 4. The van der Waals surface area contributed by atoms with Crippen LogP contribution in [0.15, 0.2) is 6.07 Å². The van der Waals surface area contributed by atoms with Gasteiger partial charge < -0.3 is 15.1 Å². The molecule has 2 aliphatic rings. The standard InChI is InChI=1S/C20H33N5O/c1-24(2)19-12-17(16-10-7-11-21-13-16)22-18(23-19)14-25(3)20(26)15-8-5-4-6-9-15/h12,15-16,21H,4-11,13-14H2,1-3H3/t16-/m0/s1. The molecule has 1 aliphatic carbocycles. The molecule has 1 saturated heterocycles. The SMILES string of the molecule is CN(Cc1nc([C@H]2CCCNC2)cc(N(C)C)n1)C(=O)C1CCCCC1. The van der Waals surface area contributed by atoms with E-state index in [1.165, 1.54) is 25.7 Å². The van der Waals surface area contributed by atoms with Gasteiger partial charge in [-0.05, 0) is 32.2 Å². The first kappa shape index (κ1) is 19.1. The highest BCUT2D eigenvalue weighted by molar-refractivity contribution is 5.78. The second-order valence-electron chi connectivity index (χ2n) is 8.03. The van der Waals surface area contributed by atoms with E-state index < -0.39 is 0 Å². The molecule has 1 saturated carbocycles. The molecule has 2 fully saturated rings. The van der Waals surface area contributed by atoms with Gasteiger partial charge >= 0.3 is 0 Å². The Morgan fingerprint density at radius 3 is 2.54 bits per heavy atom. The topological polar surface area (TPSA) is 61.4 Å². The van der Waals surface area contributed by atoms with Crippen LogP contribution in [-0.4, -0.2) is 55.0 Å². The van der Waals surface area contributed by atoms with Crippen LogP contribution in [0.1, 0.15) is 62.4 Å². The summed E-state index contributed by atoms with van der Waals surface area (Å²) in [7, 11) is 5.91. The molecule has 0 radical (unpaired) electrons. The van der Waals surface area contributed by atoms with Crippen molar-refractivity contribution in [3.63, 3.8) is 0 Å². The summed E-state index contributed by atoms with van der Waals surface area (Å²) in [6.07, 6.45) is 8.02. The van der Waals surface area contributed by atoms with Crippen molar-refractivity contribution in [1.29, 1.82) is 0 Å². The Kier molecular flexibility index (Phi) is 6.46. The molecule has 6 nitrogen and oxygen atoms in total. The summed E-state index contributed by atoms with van der Waals surface area (Å²) in [4.78, 5) is 26.1. The third-order valence-corrected chi connectivity index (χ3v) is 5.66. The molecule has 144 valence electrons. The molecule has 1 N–H and O–H groups in total. The zero-order valence-electron chi connectivity index (χ0n) is 16.5. The second-order valence-corrected chi connectivity index (χ2v) is 8.03. The minimum absolute atomic E-state index is 0.188. The van der Waals surface area contributed by atoms with E-state index in [0.29, 0.717) is 12.5 Å². The van der Waals surface area contributed by atoms with Gasteiger partial charge in [-0.2, -0.15) is 0 Å². The first-order chi connectivity index (χ1) is 12.5. The second kappa shape index (κ2) is 8.80. The Morgan fingerprint density at radius 1 is 1.12 bits per heavy atom. The molecule has 26 heavy (non-hydrogen) atoms. The van der Waals surface area contributed by atoms with E-state index in [1.807, 2.05) is 30.9 Å². The van der Waals surface area contributed by atoms with Crippen LogP contribution in [0.3, 0.4) is 0 Å². The number of carbonyl (C=O) groups excluding carboxylic acids is 1. The molecule has 0 bridgehead atoms. The first-order valence-corrected chi connectivity index (χ1v) is 10.1. The highest BCUT2D eigenvalue weighted by Gasteiger charge is 2.25. The number of nitrogens with one attached hydrogen (secondary N) is 1. The van der Waals surface area contributed by atoms with Crippen molar-refractivity contribution in [3.05, 3.63) is 17.6 Å². The van der Waals surface area contributed by atoms with E-state index in [1.54, 1.807) is 0 Å². The van der Waals surface area contributed by atoms with Crippen LogP contribution in [-0.2, 0) is 11.3 Å². The number of carbonyl (C=O) groups is 1. The van der Waals surface area contributed by atoms with Gasteiger partial charge in [-0.15, -0.1) is 0 Å². The molecule has 6 heteroatoms. The van der Waals surface area contributed by atoms with Crippen molar-refractivity contribution >= 4 is 11.7 Å². The number of rotatable bonds is 5. The van der Waals surface area contributed by atoms with Gasteiger partial charge in [-0.25, -0.2) is 9.97 Å². The van der Waals surface area contributed by atoms with E-state index in [-0.39, 0.29) is 11.8 Å². The summed E-state index contributed by atoms with van der Waals surface area (Å²) in [5.74, 6) is 2.55. The van der Waals surface area contributed by atoms with Gasteiger partial charge in [-0.1, -0.05) is 19.3 Å². The maximum absolute atomic E-state index is 12.8. The maximum Gasteiger partial charge on any atom is 0.225 e. The lowest BCUT2D eigenvalue weighted by atomic mass is 9.88. The molecular weight excluding hydrogens is 326 g/mol. The number of amides is 1. The van der Waals surface area contributed by atoms with Crippen LogP contribution in [0.25, 0.3) is 0 Å². The van der Waals surface area contributed by atoms with E-state index in [4.69, 9.17) is 9.97 Å². The number of piperidine rings is 1. The number of aromatic nitrogens is 2. The Morgan fingerprint density at radius 2 is 1.88 bits per heavy atom. The molecule has 1 aromatic rings. The summed E-state index contributed by atoms with van der Waals surface area (Å²) < 4.78 is 0. The monoisotopic (exact) mass is 359 g/mol. The number of anilines is 1. The van der Waals surface area contributed by atoms with Crippen molar-refractivity contribution in [1.82, 2.24) is 20.2 Å². The summed E-state index contributed by atoms with van der Waals surface area (Å²) in [5.41, 5.74) is 1.10. The lowest BCUT2D eigenvalue weighted by molar-refractivity contribution is -0.135. The average molecular weight is 360 g/mol. The Bertz CT molecular complexity index is 606. The fourth-order valence-corrected chi connectivity index (χ4v) is 4.07. The van der Waals surface area contributed by atoms with Crippen LogP contribution in [0.2, 0.25) is 0 Å². The van der Waals surface area contributed by atoms with Crippen molar-refractivity contribution < 1.29 is 4.79 Å². The van der Waals surface area contributed by atoms with Crippen molar-refractivity contribution in [2.24, 2.45) is 5.92 Å². The number of hydrogen-bond acceptors (Lipinski definition) is 5. The molecule has 1 amide bonds. The molecule has 1 atom stereocenters. The average Bonchev–Trinajstić information content (AvgIpc) is 2.68. The Labute approximate surface area is 157 Å². The van der Waals surface area contributed by atoms with E-state index in [2.05, 4.69) is 11.4 Å². The molecule has 0 aromatic carbocycles. The zero-order valence-corrected chi connectivity index (χ0v) is 16.5. The normalized spacial score (nSPS) is 21.4. The molecule has 3 rings (SSSR count). The highest BCUT2D eigenvalue weighted by atomic mass is 16.2. The van der Waals surface area contributed by atoms with Crippen molar-refractivity contribution in [3.8, 4) is 0 Å². The molecule has 1 aromatic heterocycles. The lowest BCUT2D eigenvalue weighted by Gasteiger charge is -2.27. The van der Waals surface area contributed by atoms with Gasteiger partial charge in [0.1, 0.15) is 11.6 Å². The Balaban J connectivity index is 1.74. The third-order valence-electron chi connectivity index (χ3n) is 5.66.